The predicted octanol–water partition coefficient (Wildman–Crippen LogP) is 5.58. The Hall–Kier alpha value is -2.66. The zero-order valence-corrected chi connectivity index (χ0v) is 13.1. The van der Waals surface area contributed by atoms with Gasteiger partial charge in [0.15, 0.2) is 0 Å². The van der Waals surface area contributed by atoms with Crippen molar-refractivity contribution in [3.63, 3.8) is 0 Å². The number of benzene rings is 2. The van der Waals surface area contributed by atoms with E-state index in [2.05, 4.69) is 23.7 Å². The van der Waals surface area contributed by atoms with Gasteiger partial charge in [-0.1, -0.05) is 37.3 Å². The molecule has 0 spiro atoms. The van der Waals surface area contributed by atoms with Gasteiger partial charge in [0.2, 0.25) is 0 Å². The van der Waals surface area contributed by atoms with Crippen LogP contribution in [0.25, 0.3) is 22.0 Å². The quantitative estimate of drug-likeness (QED) is 0.454. The van der Waals surface area contributed by atoms with Crippen molar-refractivity contribution >= 4 is 10.9 Å². The molecule has 2 aromatic carbocycles. The first-order chi connectivity index (χ1) is 11.3. The van der Waals surface area contributed by atoms with Crippen LogP contribution in [0, 0.1) is 17.7 Å². The second-order valence-electron chi connectivity index (χ2n) is 5.55. The topological polar surface area (TPSA) is 12.9 Å². The summed E-state index contributed by atoms with van der Waals surface area (Å²) in [5, 5.41) is 1.02. The summed E-state index contributed by atoms with van der Waals surface area (Å²) < 4.78 is 13.4. The van der Waals surface area contributed by atoms with Crippen molar-refractivity contribution in [1.82, 2.24) is 4.98 Å². The smallest absolute Gasteiger partial charge is 0.123 e. The van der Waals surface area contributed by atoms with Crippen LogP contribution in [-0.2, 0) is 0 Å². The Morgan fingerprint density at radius 1 is 1.04 bits per heavy atom. The maximum Gasteiger partial charge on any atom is 0.123 e. The number of rotatable bonds is 3. The highest BCUT2D eigenvalue weighted by Crippen LogP contribution is 2.23. The van der Waals surface area contributed by atoms with Gasteiger partial charge >= 0.3 is 0 Å². The number of pyridine rings is 1. The van der Waals surface area contributed by atoms with Crippen LogP contribution in [0.2, 0.25) is 0 Å². The maximum atomic E-state index is 13.4. The lowest BCUT2D eigenvalue weighted by molar-refractivity contribution is 0.628. The normalized spacial score (nSPS) is 10.3. The minimum atomic E-state index is -0.238. The van der Waals surface area contributed by atoms with E-state index in [0.29, 0.717) is 0 Å². The summed E-state index contributed by atoms with van der Waals surface area (Å²) in [5.74, 6) is 6.17. The van der Waals surface area contributed by atoms with Gasteiger partial charge in [0, 0.05) is 29.1 Å². The Labute approximate surface area is 136 Å². The van der Waals surface area contributed by atoms with E-state index < -0.39 is 0 Å². The number of unbranched alkanes of at least 4 members (excludes halogenated alkanes) is 2. The van der Waals surface area contributed by atoms with Crippen LogP contribution < -0.4 is 0 Å². The summed E-state index contributed by atoms with van der Waals surface area (Å²) in [6, 6.07) is 14.6. The number of nitrogens with zero attached hydrogens (tertiary/aromatic N) is 1. The van der Waals surface area contributed by atoms with Crippen molar-refractivity contribution < 1.29 is 4.39 Å². The van der Waals surface area contributed by atoms with Crippen LogP contribution in [0.5, 0.6) is 0 Å². The number of fused-ring (bicyclic) bond motifs is 1. The Bertz CT molecular complexity index is 887. The van der Waals surface area contributed by atoms with Gasteiger partial charge in [-0.3, -0.25) is 4.98 Å². The third kappa shape index (κ3) is 3.76. The molecule has 114 valence electrons. The van der Waals surface area contributed by atoms with Crippen molar-refractivity contribution in [3.05, 3.63) is 66.1 Å². The van der Waals surface area contributed by atoms with Crippen LogP contribution in [0.1, 0.15) is 31.7 Å². The van der Waals surface area contributed by atoms with Crippen molar-refractivity contribution in [2.45, 2.75) is 26.2 Å². The van der Waals surface area contributed by atoms with Gasteiger partial charge in [0.1, 0.15) is 5.82 Å². The molecular formula is C21H18FN. The summed E-state index contributed by atoms with van der Waals surface area (Å²) in [7, 11) is 0. The molecule has 0 N–H and O–H groups in total. The van der Waals surface area contributed by atoms with Crippen molar-refractivity contribution in [2.24, 2.45) is 0 Å². The van der Waals surface area contributed by atoms with Crippen LogP contribution >= 0.6 is 0 Å². The van der Waals surface area contributed by atoms with Crippen molar-refractivity contribution in [1.29, 1.82) is 0 Å². The van der Waals surface area contributed by atoms with Gasteiger partial charge in [0.25, 0.3) is 0 Å². The molecule has 23 heavy (non-hydrogen) atoms. The standard InChI is InChI=1S/C21H18FN/c1-2-3-4-5-7-16-10-11-21-18(12-16)13-19(15-23-21)17-8-6-9-20(22)14-17/h6,8-15H,2-4H2,1H3. The number of hydrogen-bond acceptors (Lipinski definition) is 1. The molecular weight excluding hydrogens is 285 g/mol. The Morgan fingerprint density at radius 2 is 1.96 bits per heavy atom. The summed E-state index contributed by atoms with van der Waals surface area (Å²) in [4.78, 5) is 4.47. The lowest BCUT2D eigenvalue weighted by atomic mass is 10.0. The average Bonchev–Trinajstić information content (AvgIpc) is 2.58. The number of halogens is 1. The molecule has 1 heterocycles. The molecule has 0 unspecified atom stereocenters. The van der Waals surface area contributed by atoms with Gasteiger partial charge in [0.05, 0.1) is 5.52 Å². The first-order valence-electron chi connectivity index (χ1n) is 7.91. The largest absolute Gasteiger partial charge is 0.256 e. The van der Waals surface area contributed by atoms with Crippen LogP contribution in [-0.4, -0.2) is 4.98 Å². The lowest BCUT2D eigenvalue weighted by Gasteiger charge is -2.04. The summed E-state index contributed by atoms with van der Waals surface area (Å²) >= 11 is 0. The minimum Gasteiger partial charge on any atom is -0.256 e. The monoisotopic (exact) mass is 303 g/mol. The van der Waals surface area contributed by atoms with Crippen LogP contribution in [0.4, 0.5) is 4.39 Å². The van der Waals surface area contributed by atoms with E-state index >= 15 is 0 Å². The summed E-state index contributed by atoms with van der Waals surface area (Å²) in [6.45, 7) is 2.16. The van der Waals surface area contributed by atoms with E-state index in [1.807, 2.05) is 30.3 Å². The van der Waals surface area contributed by atoms with E-state index in [4.69, 9.17) is 0 Å². The zero-order chi connectivity index (χ0) is 16.1. The molecule has 0 fully saturated rings. The molecule has 2 heteroatoms. The molecule has 0 saturated heterocycles. The summed E-state index contributed by atoms with van der Waals surface area (Å²) in [6.07, 6.45) is 5.00. The average molecular weight is 303 g/mol. The fourth-order valence-electron chi connectivity index (χ4n) is 2.46. The molecule has 3 rings (SSSR count). The molecule has 0 radical (unpaired) electrons. The molecule has 1 nitrogen and oxygen atoms in total. The van der Waals surface area contributed by atoms with Crippen molar-refractivity contribution in [2.75, 3.05) is 0 Å². The third-order valence-electron chi connectivity index (χ3n) is 3.73. The molecule has 0 bridgehead atoms. The fraction of sp³-hybridized carbons (Fsp3) is 0.190. The van der Waals surface area contributed by atoms with Gasteiger partial charge in [-0.05, 0) is 48.4 Å². The molecule has 0 aliphatic carbocycles. The van der Waals surface area contributed by atoms with Crippen molar-refractivity contribution in [3.8, 4) is 23.0 Å². The van der Waals surface area contributed by atoms with Gasteiger partial charge < -0.3 is 0 Å². The highest BCUT2D eigenvalue weighted by molar-refractivity contribution is 5.84. The third-order valence-corrected chi connectivity index (χ3v) is 3.73. The SMILES string of the molecule is CCCCC#Cc1ccc2ncc(-c3cccc(F)c3)cc2c1. The van der Waals surface area contributed by atoms with E-state index in [9.17, 15) is 4.39 Å². The first-order valence-corrected chi connectivity index (χ1v) is 7.91. The molecule has 0 aliphatic heterocycles. The molecule has 0 amide bonds. The highest BCUT2D eigenvalue weighted by atomic mass is 19.1. The summed E-state index contributed by atoms with van der Waals surface area (Å²) in [5.41, 5.74) is 3.66. The van der Waals surface area contributed by atoms with E-state index in [1.54, 1.807) is 12.3 Å². The molecule has 3 aromatic rings. The van der Waals surface area contributed by atoms with Gasteiger partial charge in [-0.15, -0.1) is 0 Å². The van der Waals surface area contributed by atoms with E-state index in [1.165, 1.54) is 12.1 Å². The van der Waals surface area contributed by atoms with Crippen LogP contribution in [0.15, 0.2) is 54.7 Å². The predicted molar refractivity (Wildman–Crippen MR) is 93.5 cm³/mol. The van der Waals surface area contributed by atoms with E-state index in [0.717, 1.165) is 46.9 Å². The first kappa shape index (κ1) is 15.2. The molecule has 1 aromatic heterocycles. The Kier molecular flexibility index (Phi) is 4.68. The van der Waals surface area contributed by atoms with Gasteiger partial charge in [-0.2, -0.15) is 0 Å². The second kappa shape index (κ2) is 7.07. The highest BCUT2D eigenvalue weighted by Gasteiger charge is 2.03. The Balaban J connectivity index is 1.95. The molecule has 0 aliphatic rings. The van der Waals surface area contributed by atoms with Gasteiger partial charge in [-0.25, -0.2) is 4.39 Å². The maximum absolute atomic E-state index is 13.4. The van der Waals surface area contributed by atoms with E-state index in [-0.39, 0.29) is 5.82 Å². The number of hydrogen-bond donors (Lipinski definition) is 0. The minimum absolute atomic E-state index is 0.238. The molecule has 0 atom stereocenters. The Morgan fingerprint density at radius 3 is 2.78 bits per heavy atom. The second-order valence-corrected chi connectivity index (χ2v) is 5.55. The fourth-order valence-corrected chi connectivity index (χ4v) is 2.46. The zero-order valence-electron chi connectivity index (χ0n) is 13.1. The van der Waals surface area contributed by atoms with Crippen LogP contribution in [0.3, 0.4) is 0 Å². The number of aromatic nitrogens is 1. The molecule has 0 saturated carbocycles. The lowest BCUT2D eigenvalue weighted by Crippen LogP contribution is -1.85.